The second kappa shape index (κ2) is 4.64. The van der Waals surface area contributed by atoms with Gasteiger partial charge < -0.3 is 11.1 Å². The normalized spacial score (nSPS) is 10.1. The third kappa shape index (κ3) is 2.60. The van der Waals surface area contributed by atoms with E-state index in [0.29, 0.717) is 15.7 Å². The zero-order valence-electron chi connectivity index (χ0n) is 8.37. The molecule has 0 aliphatic heterocycles. The number of hydrogen-bond acceptors (Lipinski definition) is 2. The van der Waals surface area contributed by atoms with Crippen LogP contribution in [0.25, 0.3) is 0 Å². The molecule has 2 aromatic carbocycles. The molecule has 2 aromatic rings. The summed E-state index contributed by atoms with van der Waals surface area (Å²) in [5.74, 6) is 0. The molecule has 4 heteroatoms. The molecule has 0 fully saturated rings. The van der Waals surface area contributed by atoms with E-state index >= 15 is 0 Å². The lowest BCUT2D eigenvalue weighted by Crippen LogP contribution is -1.95. The van der Waals surface area contributed by atoms with Crippen molar-refractivity contribution in [2.24, 2.45) is 0 Å². The van der Waals surface area contributed by atoms with Gasteiger partial charge in [0.25, 0.3) is 0 Å². The molecule has 0 amide bonds. The molecule has 0 unspecified atom stereocenters. The SMILES string of the molecule is Nc1cc(Cl)ccc1Nc1cccc(Cl)c1. The molecule has 0 atom stereocenters. The first-order chi connectivity index (χ1) is 7.65. The van der Waals surface area contributed by atoms with E-state index in [4.69, 9.17) is 28.9 Å². The molecule has 3 N–H and O–H groups in total. The zero-order valence-corrected chi connectivity index (χ0v) is 9.89. The Hall–Kier alpha value is -1.38. The number of benzene rings is 2. The molecule has 16 heavy (non-hydrogen) atoms. The molecule has 0 saturated heterocycles. The van der Waals surface area contributed by atoms with Gasteiger partial charge in [-0.1, -0.05) is 29.3 Å². The monoisotopic (exact) mass is 252 g/mol. The summed E-state index contributed by atoms with van der Waals surface area (Å²) in [5.41, 5.74) is 8.13. The second-order valence-electron chi connectivity index (χ2n) is 3.37. The van der Waals surface area contributed by atoms with Crippen LogP contribution < -0.4 is 11.1 Å². The molecule has 2 nitrogen and oxygen atoms in total. The van der Waals surface area contributed by atoms with Gasteiger partial charge in [-0.3, -0.25) is 0 Å². The minimum absolute atomic E-state index is 0.604. The summed E-state index contributed by atoms with van der Waals surface area (Å²) in [4.78, 5) is 0. The summed E-state index contributed by atoms with van der Waals surface area (Å²) < 4.78 is 0. The molecule has 0 heterocycles. The van der Waals surface area contributed by atoms with Crippen molar-refractivity contribution in [1.29, 1.82) is 0 Å². The Kier molecular flexibility index (Phi) is 3.22. The van der Waals surface area contributed by atoms with E-state index in [2.05, 4.69) is 5.32 Å². The second-order valence-corrected chi connectivity index (χ2v) is 4.24. The number of halogens is 2. The summed E-state index contributed by atoms with van der Waals surface area (Å²) >= 11 is 11.7. The van der Waals surface area contributed by atoms with Crippen LogP contribution in [0.15, 0.2) is 42.5 Å². The van der Waals surface area contributed by atoms with Crippen LogP contribution in [-0.2, 0) is 0 Å². The third-order valence-electron chi connectivity index (χ3n) is 2.12. The highest BCUT2D eigenvalue weighted by atomic mass is 35.5. The maximum absolute atomic E-state index is 5.88. The summed E-state index contributed by atoms with van der Waals surface area (Å²) in [6.45, 7) is 0. The molecule has 0 saturated carbocycles. The quantitative estimate of drug-likeness (QED) is 0.782. The standard InChI is InChI=1S/C12H10Cl2N2/c13-8-2-1-3-10(6-8)16-12-5-4-9(14)7-11(12)15/h1-7,16H,15H2. The predicted octanol–water partition coefficient (Wildman–Crippen LogP) is 4.32. The van der Waals surface area contributed by atoms with Crippen LogP contribution in [0.2, 0.25) is 10.0 Å². The van der Waals surface area contributed by atoms with Crippen molar-refractivity contribution < 1.29 is 0 Å². The van der Waals surface area contributed by atoms with E-state index in [1.54, 1.807) is 12.1 Å². The van der Waals surface area contributed by atoms with Crippen LogP contribution in [0.4, 0.5) is 17.1 Å². The van der Waals surface area contributed by atoms with Gasteiger partial charge in [0.05, 0.1) is 11.4 Å². The molecule has 0 aliphatic rings. The van der Waals surface area contributed by atoms with E-state index in [1.165, 1.54) is 0 Å². The fourth-order valence-electron chi connectivity index (χ4n) is 1.37. The average Bonchev–Trinajstić information content (AvgIpc) is 2.22. The lowest BCUT2D eigenvalue weighted by atomic mass is 10.2. The van der Waals surface area contributed by atoms with E-state index < -0.39 is 0 Å². The van der Waals surface area contributed by atoms with Gasteiger partial charge >= 0.3 is 0 Å². The van der Waals surface area contributed by atoms with Gasteiger partial charge in [0.15, 0.2) is 0 Å². The Morgan fingerprint density at radius 3 is 2.38 bits per heavy atom. The van der Waals surface area contributed by atoms with E-state index in [1.807, 2.05) is 30.3 Å². The maximum Gasteiger partial charge on any atom is 0.0618 e. The largest absolute Gasteiger partial charge is 0.397 e. The van der Waals surface area contributed by atoms with Crippen LogP contribution in [0.3, 0.4) is 0 Å². The van der Waals surface area contributed by atoms with Gasteiger partial charge in [-0.2, -0.15) is 0 Å². The fourth-order valence-corrected chi connectivity index (χ4v) is 1.74. The highest BCUT2D eigenvalue weighted by Crippen LogP contribution is 2.27. The summed E-state index contributed by atoms with van der Waals surface area (Å²) in [6.07, 6.45) is 0. The lowest BCUT2D eigenvalue weighted by molar-refractivity contribution is 1.55. The Morgan fingerprint density at radius 2 is 1.69 bits per heavy atom. The van der Waals surface area contributed by atoms with Gasteiger partial charge in [0.2, 0.25) is 0 Å². The number of nitrogens with one attached hydrogen (secondary N) is 1. The van der Waals surface area contributed by atoms with Crippen molar-refractivity contribution in [2.45, 2.75) is 0 Å². The first-order valence-electron chi connectivity index (χ1n) is 4.73. The van der Waals surface area contributed by atoms with Crippen molar-refractivity contribution in [1.82, 2.24) is 0 Å². The Bertz CT molecular complexity index is 512. The molecule has 0 aromatic heterocycles. The first kappa shape index (κ1) is 11.1. The molecule has 0 radical (unpaired) electrons. The zero-order chi connectivity index (χ0) is 11.5. The highest BCUT2D eigenvalue weighted by molar-refractivity contribution is 6.31. The lowest BCUT2D eigenvalue weighted by Gasteiger charge is -2.09. The first-order valence-corrected chi connectivity index (χ1v) is 5.48. The number of rotatable bonds is 2. The van der Waals surface area contributed by atoms with Crippen LogP contribution in [0.1, 0.15) is 0 Å². The van der Waals surface area contributed by atoms with Crippen molar-refractivity contribution in [2.75, 3.05) is 11.1 Å². The molecular weight excluding hydrogens is 243 g/mol. The smallest absolute Gasteiger partial charge is 0.0618 e. The highest BCUT2D eigenvalue weighted by Gasteiger charge is 2.00. The van der Waals surface area contributed by atoms with Gasteiger partial charge in [0, 0.05) is 15.7 Å². The molecule has 0 bridgehead atoms. The van der Waals surface area contributed by atoms with E-state index in [-0.39, 0.29) is 0 Å². The minimum atomic E-state index is 0.604. The van der Waals surface area contributed by atoms with Crippen molar-refractivity contribution in [3.05, 3.63) is 52.5 Å². The van der Waals surface area contributed by atoms with Crippen LogP contribution in [-0.4, -0.2) is 0 Å². The number of hydrogen-bond donors (Lipinski definition) is 2. The van der Waals surface area contributed by atoms with Crippen LogP contribution in [0.5, 0.6) is 0 Å². The minimum Gasteiger partial charge on any atom is -0.397 e. The summed E-state index contributed by atoms with van der Waals surface area (Å²) in [6, 6.07) is 12.8. The number of nitrogens with two attached hydrogens (primary N) is 1. The number of nitrogen functional groups attached to an aromatic ring is 1. The molecular formula is C12H10Cl2N2. The van der Waals surface area contributed by atoms with Gasteiger partial charge in [0.1, 0.15) is 0 Å². The van der Waals surface area contributed by atoms with Crippen LogP contribution in [0, 0.1) is 0 Å². The average molecular weight is 253 g/mol. The van der Waals surface area contributed by atoms with Crippen LogP contribution >= 0.6 is 23.2 Å². The predicted molar refractivity (Wildman–Crippen MR) is 70.6 cm³/mol. The Morgan fingerprint density at radius 1 is 0.938 bits per heavy atom. The number of anilines is 3. The molecule has 0 aliphatic carbocycles. The third-order valence-corrected chi connectivity index (χ3v) is 2.59. The van der Waals surface area contributed by atoms with Gasteiger partial charge in [-0.05, 0) is 36.4 Å². The molecule has 0 spiro atoms. The molecule has 82 valence electrons. The van der Waals surface area contributed by atoms with Crippen molar-refractivity contribution in [3.8, 4) is 0 Å². The van der Waals surface area contributed by atoms with Gasteiger partial charge in [-0.25, -0.2) is 0 Å². The summed E-state index contributed by atoms with van der Waals surface area (Å²) in [7, 11) is 0. The van der Waals surface area contributed by atoms with E-state index in [9.17, 15) is 0 Å². The topological polar surface area (TPSA) is 38.0 Å². The van der Waals surface area contributed by atoms with E-state index in [0.717, 1.165) is 11.4 Å². The Labute approximate surface area is 104 Å². The fraction of sp³-hybridized carbons (Fsp3) is 0. The summed E-state index contributed by atoms with van der Waals surface area (Å²) in [5, 5.41) is 4.47. The Balaban J connectivity index is 2.27. The van der Waals surface area contributed by atoms with Crippen molar-refractivity contribution in [3.63, 3.8) is 0 Å². The molecule has 2 rings (SSSR count). The maximum atomic E-state index is 5.88. The van der Waals surface area contributed by atoms with Crippen molar-refractivity contribution >= 4 is 40.3 Å². The van der Waals surface area contributed by atoms with Gasteiger partial charge in [-0.15, -0.1) is 0 Å².